The van der Waals surface area contributed by atoms with Gasteiger partial charge in [0.05, 0.1) is 11.4 Å². The van der Waals surface area contributed by atoms with Crippen molar-refractivity contribution in [2.24, 2.45) is 4.99 Å². The summed E-state index contributed by atoms with van der Waals surface area (Å²) in [5, 5.41) is 0. The van der Waals surface area contributed by atoms with Gasteiger partial charge in [-0.3, -0.25) is 9.79 Å². The predicted molar refractivity (Wildman–Crippen MR) is 60.3 cm³/mol. The second kappa shape index (κ2) is 3.02. The van der Waals surface area contributed by atoms with Gasteiger partial charge in [-0.05, 0) is 12.1 Å². The molecule has 0 N–H and O–H groups in total. The molecule has 1 aromatic rings. The van der Waals surface area contributed by atoms with Crippen molar-refractivity contribution < 1.29 is 4.79 Å². The molecule has 0 amide bonds. The molecule has 2 nitrogen and oxygen atoms in total. The maximum absolute atomic E-state index is 10.7. The van der Waals surface area contributed by atoms with Crippen molar-refractivity contribution in [3.8, 4) is 0 Å². The first-order valence-corrected chi connectivity index (χ1v) is 4.93. The number of nitrogens with zero attached hydrogens (tertiary/aromatic N) is 1. The van der Waals surface area contributed by atoms with Gasteiger partial charge in [0.25, 0.3) is 0 Å². The lowest BCUT2D eigenvalue weighted by Crippen LogP contribution is -2.02. The van der Waals surface area contributed by atoms with Gasteiger partial charge in [-0.25, -0.2) is 0 Å². The number of para-hydroxylation sites is 1. The third-order valence-corrected chi connectivity index (χ3v) is 2.74. The van der Waals surface area contributed by atoms with E-state index in [1.54, 1.807) is 0 Å². The van der Waals surface area contributed by atoms with E-state index < -0.39 is 0 Å². The summed E-state index contributed by atoms with van der Waals surface area (Å²) < 4.78 is 0. The number of benzene rings is 1. The molecule has 0 fully saturated rings. The van der Waals surface area contributed by atoms with Crippen LogP contribution in [0.2, 0.25) is 0 Å². The van der Waals surface area contributed by atoms with Crippen molar-refractivity contribution >= 4 is 23.3 Å². The van der Waals surface area contributed by atoms with Crippen LogP contribution in [0.3, 0.4) is 0 Å². The molecular formula is C13H9NO. The van der Waals surface area contributed by atoms with E-state index in [9.17, 15) is 4.79 Å². The van der Waals surface area contributed by atoms with Crippen LogP contribution in [0.25, 0.3) is 5.57 Å². The molecule has 0 spiro atoms. The Balaban J connectivity index is 2.18. The molecule has 0 radical (unpaired) electrons. The Morgan fingerprint density at radius 1 is 1.27 bits per heavy atom. The lowest BCUT2D eigenvalue weighted by atomic mass is 9.94. The van der Waals surface area contributed by atoms with Gasteiger partial charge in [0.1, 0.15) is 6.29 Å². The zero-order valence-corrected chi connectivity index (χ0v) is 8.10. The van der Waals surface area contributed by atoms with Crippen LogP contribution in [-0.2, 0) is 4.79 Å². The average Bonchev–Trinajstić information content (AvgIpc) is 2.66. The Hall–Kier alpha value is -1.96. The van der Waals surface area contributed by atoms with Crippen LogP contribution in [0.1, 0.15) is 12.0 Å². The maximum atomic E-state index is 10.7. The highest BCUT2D eigenvalue weighted by atomic mass is 16.1. The highest BCUT2D eigenvalue weighted by molar-refractivity contribution is 6.31. The van der Waals surface area contributed by atoms with Crippen LogP contribution < -0.4 is 0 Å². The first-order chi connectivity index (χ1) is 7.38. The second-order valence-corrected chi connectivity index (χ2v) is 3.66. The summed E-state index contributed by atoms with van der Waals surface area (Å²) in [6.45, 7) is 0. The summed E-state index contributed by atoms with van der Waals surface area (Å²) in [5.41, 5.74) is 5.08. The minimum absolute atomic E-state index is 0.751. The highest BCUT2D eigenvalue weighted by Gasteiger charge is 2.21. The van der Waals surface area contributed by atoms with E-state index in [0.29, 0.717) is 0 Å². The van der Waals surface area contributed by atoms with E-state index >= 15 is 0 Å². The number of carbonyl (C=O) groups is 1. The third-order valence-electron chi connectivity index (χ3n) is 2.74. The monoisotopic (exact) mass is 195 g/mol. The Bertz CT molecular complexity index is 535. The molecule has 3 rings (SSSR count). The number of aldehydes is 1. The van der Waals surface area contributed by atoms with Crippen molar-refractivity contribution in [1.82, 2.24) is 0 Å². The standard InChI is InChI=1S/C13H9NO/c15-8-9-5-6-13-11(7-9)10-3-1-2-4-12(10)14-13/h1-5,7-8H,6H2. The summed E-state index contributed by atoms with van der Waals surface area (Å²) in [7, 11) is 0. The fraction of sp³-hybridized carbons (Fsp3) is 0.0769. The van der Waals surface area contributed by atoms with E-state index in [4.69, 9.17) is 0 Å². The van der Waals surface area contributed by atoms with Crippen molar-refractivity contribution in [1.29, 1.82) is 0 Å². The number of carbonyl (C=O) groups excluding carboxylic acids is 1. The Kier molecular flexibility index (Phi) is 1.68. The van der Waals surface area contributed by atoms with Gasteiger partial charge in [0, 0.05) is 23.1 Å². The van der Waals surface area contributed by atoms with E-state index in [2.05, 4.69) is 4.99 Å². The van der Waals surface area contributed by atoms with E-state index in [1.807, 2.05) is 36.4 Å². The minimum atomic E-state index is 0.751. The SMILES string of the molecule is O=CC1=CCC2=Nc3ccccc3C2=C1. The average molecular weight is 195 g/mol. The van der Waals surface area contributed by atoms with E-state index in [0.717, 1.165) is 40.8 Å². The van der Waals surface area contributed by atoms with Crippen molar-refractivity contribution in [2.45, 2.75) is 6.42 Å². The molecule has 0 atom stereocenters. The van der Waals surface area contributed by atoms with Gasteiger partial charge < -0.3 is 0 Å². The van der Waals surface area contributed by atoms with Gasteiger partial charge in [-0.2, -0.15) is 0 Å². The number of allylic oxidation sites excluding steroid dienone is 4. The zero-order valence-electron chi connectivity index (χ0n) is 8.10. The molecule has 1 aromatic carbocycles. The first kappa shape index (κ1) is 8.36. The summed E-state index contributed by atoms with van der Waals surface area (Å²) in [6.07, 6.45) is 5.49. The second-order valence-electron chi connectivity index (χ2n) is 3.66. The summed E-state index contributed by atoms with van der Waals surface area (Å²) in [4.78, 5) is 15.2. The topological polar surface area (TPSA) is 29.4 Å². The van der Waals surface area contributed by atoms with Crippen LogP contribution in [0.5, 0.6) is 0 Å². The summed E-state index contributed by atoms with van der Waals surface area (Å²) in [6, 6.07) is 8.03. The van der Waals surface area contributed by atoms with Crippen molar-refractivity contribution in [3.05, 3.63) is 47.6 Å². The summed E-state index contributed by atoms with van der Waals surface area (Å²) >= 11 is 0. The molecule has 15 heavy (non-hydrogen) atoms. The molecule has 72 valence electrons. The molecule has 0 aromatic heterocycles. The number of hydrogen-bond donors (Lipinski definition) is 0. The lowest BCUT2D eigenvalue weighted by Gasteiger charge is -2.08. The fourth-order valence-corrected chi connectivity index (χ4v) is 2.00. The van der Waals surface area contributed by atoms with Crippen LogP contribution in [0.4, 0.5) is 5.69 Å². The maximum Gasteiger partial charge on any atom is 0.149 e. The quantitative estimate of drug-likeness (QED) is 0.633. The lowest BCUT2D eigenvalue weighted by molar-refractivity contribution is -0.104. The summed E-state index contributed by atoms with van der Waals surface area (Å²) in [5.74, 6) is 0. The molecule has 2 heteroatoms. The Labute approximate surface area is 87.7 Å². The smallest absolute Gasteiger partial charge is 0.149 e. The predicted octanol–water partition coefficient (Wildman–Crippen LogP) is 2.69. The van der Waals surface area contributed by atoms with Crippen LogP contribution in [0.15, 0.2) is 47.0 Å². The molecule has 0 unspecified atom stereocenters. The zero-order chi connectivity index (χ0) is 10.3. The van der Waals surface area contributed by atoms with E-state index in [-0.39, 0.29) is 0 Å². The molecule has 0 saturated heterocycles. The fourth-order valence-electron chi connectivity index (χ4n) is 2.00. The van der Waals surface area contributed by atoms with Gasteiger partial charge in [-0.1, -0.05) is 24.3 Å². The van der Waals surface area contributed by atoms with E-state index in [1.165, 1.54) is 0 Å². The van der Waals surface area contributed by atoms with Gasteiger partial charge >= 0.3 is 0 Å². The molecule has 2 aliphatic rings. The van der Waals surface area contributed by atoms with Gasteiger partial charge in [-0.15, -0.1) is 0 Å². The van der Waals surface area contributed by atoms with Crippen molar-refractivity contribution in [3.63, 3.8) is 0 Å². The Morgan fingerprint density at radius 3 is 3.00 bits per heavy atom. The van der Waals surface area contributed by atoms with Crippen LogP contribution in [0, 0.1) is 0 Å². The molecule has 0 saturated carbocycles. The Morgan fingerprint density at radius 2 is 2.13 bits per heavy atom. The number of hydrogen-bond acceptors (Lipinski definition) is 2. The number of fused-ring (bicyclic) bond motifs is 3. The third kappa shape index (κ3) is 1.18. The molecule has 1 aliphatic heterocycles. The number of rotatable bonds is 1. The molecule has 1 heterocycles. The normalized spacial score (nSPS) is 17.2. The highest BCUT2D eigenvalue weighted by Crippen LogP contribution is 2.37. The minimum Gasteiger partial charge on any atom is -0.298 e. The first-order valence-electron chi connectivity index (χ1n) is 4.93. The number of aliphatic imine (C=N–C) groups is 1. The van der Waals surface area contributed by atoms with Gasteiger partial charge in [0.2, 0.25) is 0 Å². The largest absolute Gasteiger partial charge is 0.298 e. The van der Waals surface area contributed by atoms with Crippen LogP contribution >= 0.6 is 0 Å². The van der Waals surface area contributed by atoms with Crippen molar-refractivity contribution in [2.75, 3.05) is 0 Å². The molecule has 1 aliphatic carbocycles. The molecular weight excluding hydrogens is 186 g/mol. The van der Waals surface area contributed by atoms with Gasteiger partial charge in [0.15, 0.2) is 0 Å². The molecule has 0 bridgehead atoms. The van der Waals surface area contributed by atoms with Crippen LogP contribution in [-0.4, -0.2) is 12.0 Å².